The molecule has 0 radical (unpaired) electrons. The summed E-state index contributed by atoms with van der Waals surface area (Å²) < 4.78 is 14.9. The summed E-state index contributed by atoms with van der Waals surface area (Å²) in [6.45, 7) is 8.30. The Balaban J connectivity index is 4.14. The lowest BCUT2D eigenvalue weighted by molar-refractivity contribution is -0.149. The molecular weight excluding hydrogens is 290 g/mol. The highest BCUT2D eigenvalue weighted by atomic mass is 16.5. The van der Waals surface area contributed by atoms with Crippen molar-refractivity contribution < 1.29 is 28.6 Å². The van der Waals surface area contributed by atoms with Gasteiger partial charge in [0.25, 0.3) is 0 Å². The van der Waals surface area contributed by atoms with Crippen LogP contribution in [-0.2, 0) is 28.6 Å². The van der Waals surface area contributed by atoms with Crippen LogP contribution in [-0.4, -0.2) is 61.8 Å². The number of ether oxygens (including phenoxy) is 3. The minimum absolute atomic E-state index is 0.156. The molecule has 0 unspecified atom stereocenters. The van der Waals surface area contributed by atoms with Crippen LogP contribution >= 0.6 is 0 Å². The Morgan fingerprint density at radius 3 is 1.73 bits per heavy atom. The van der Waals surface area contributed by atoms with E-state index in [2.05, 4.69) is 0 Å². The number of rotatable bonds is 11. The Hall–Kier alpha value is -1.63. The lowest BCUT2D eigenvalue weighted by atomic mass is 10.3. The number of carbonyl (C=O) groups excluding carboxylic acids is 3. The van der Waals surface area contributed by atoms with Crippen LogP contribution in [0, 0.1) is 0 Å². The molecule has 0 aliphatic carbocycles. The van der Waals surface area contributed by atoms with Crippen LogP contribution < -0.4 is 0 Å². The van der Waals surface area contributed by atoms with E-state index < -0.39 is 0 Å². The summed E-state index contributed by atoms with van der Waals surface area (Å²) >= 11 is 0. The van der Waals surface area contributed by atoms with Crippen molar-refractivity contribution in [1.29, 1.82) is 0 Å². The minimum Gasteiger partial charge on any atom is -0.466 e. The van der Waals surface area contributed by atoms with E-state index in [-0.39, 0.29) is 30.6 Å². The van der Waals surface area contributed by atoms with Gasteiger partial charge in [-0.25, -0.2) is 0 Å². The first kappa shape index (κ1) is 20.4. The molecule has 0 spiro atoms. The maximum absolute atomic E-state index is 11.7. The number of hydrogen-bond donors (Lipinski definition) is 0. The summed E-state index contributed by atoms with van der Waals surface area (Å²) in [6.07, 6.45) is 1.10. The van der Waals surface area contributed by atoms with Gasteiger partial charge in [-0.3, -0.25) is 19.3 Å². The molecular formula is C15H27NO6. The zero-order valence-electron chi connectivity index (χ0n) is 13.9. The van der Waals surface area contributed by atoms with Gasteiger partial charge in [0, 0.05) is 26.9 Å². The smallest absolute Gasteiger partial charge is 0.320 e. The van der Waals surface area contributed by atoms with Crippen LogP contribution in [0.15, 0.2) is 0 Å². The van der Waals surface area contributed by atoms with Crippen molar-refractivity contribution >= 4 is 17.9 Å². The topological polar surface area (TPSA) is 82.1 Å². The number of hydrogen-bond acceptors (Lipinski definition) is 7. The van der Waals surface area contributed by atoms with Crippen LogP contribution in [0.2, 0.25) is 0 Å². The third-order valence-corrected chi connectivity index (χ3v) is 2.57. The second-order valence-electron chi connectivity index (χ2n) is 5.20. The fourth-order valence-corrected chi connectivity index (χ4v) is 1.76. The van der Waals surface area contributed by atoms with E-state index in [1.54, 1.807) is 13.8 Å². The number of esters is 3. The number of nitrogens with zero attached hydrogens (tertiary/aromatic N) is 1. The van der Waals surface area contributed by atoms with E-state index in [0.29, 0.717) is 39.1 Å². The van der Waals surface area contributed by atoms with Crippen molar-refractivity contribution in [3.05, 3.63) is 0 Å². The van der Waals surface area contributed by atoms with E-state index in [9.17, 15) is 14.4 Å². The molecule has 0 aromatic rings. The van der Waals surface area contributed by atoms with Gasteiger partial charge >= 0.3 is 17.9 Å². The Labute approximate surface area is 131 Å². The van der Waals surface area contributed by atoms with Crippen molar-refractivity contribution in [3.63, 3.8) is 0 Å². The van der Waals surface area contributed by atoms with E-state index in [1.807, 2.05) is 4.90 Å². The van der Waals surface area contributed by atoms with Crippen LogP contribution in [0.25, 0.3) is 0 Å². The van der Waals surface area contributed by atoms with Crippen LogP contribution in [0.5, 0.6) is 0 Å². The summed E-state index contributed by atoms with van der Waals surface area (Å²) in [5.74, 6) is -0.934. The molecule has 0 atom stereocenters. The summed E-state index contributed by atoms with van der Waals surface area (Å²) in [7, 11) is 0. The molecule has 0 rings (SSSR count). The van der Waals surface area contributed by atoms with Crippen molar-refractivity contribution in [2.45, 2.75) is 46.6 Å². The molecule has 0 aliphatic rings. The summed E-state index contributed by atoms with van der Waals surface area (Å²) in [5.41, 5.74) is 0. The fraction of sp³-hybridized carbons (Fsp3) is 0.800. The normalized spacial score (nSPS) is 10.6. The van der Waals surface area contributed by atoms with Crippen molar-refractivity contribution in [3.8, 4) is 0 Å². The first-order chi connectivity index (χ1) is 10.3. The quantitative estimate of drug-likeness (QED) is 0.321. The van der Waals surface area contributed by atoms with Gasteiger partial charge in [-0.1, -0.05) is 0 Å². The molecule has 0 amide bonds. The lowest BCUT2D eigenvalue weighted by Crippen LogP contribution is -2.34. The minimum atomic E-state index is -0.319. The highest BCUT2D eigenvalue weighted by Gasteiger charge is 2.13. The van der Waals surface area contributed by atoms with Gasteiger partial charge in [-0.15, -0.1) is 0 Å². The summed E-state index contributed by atoms with van der Waals surface area (Å²) in [4.78, 5) is 35.0. The van der Waals surface area contributed by atoms with Crippen molar-refractivity contribution in [1.82, 2.24) is 4.90 Å². The van der Waals surface area contributed by atoms with E-state index in [1.165, 1.54) is 13.8 Å². The highest BCUT2D eigenvalue weighted by molar-refractivity contribution is 5.71. The Bertz CT molecular complexity index is 334. The Kier molecular flexibility index (Phi) is 11.1. The summed E-state index contributed by atoms with van der Waals surface area (Å²) in [6, 6.07) is 0. The van der Waals surface area contributed by atoms with Gasteiger partial charge in [-0.05, 0) is 26.7 Å². The first-order valence-electron chi connectivity index (χ1n) is 7.49. The fourth-order valence-electron chi connectivity index (χ4n) is 1.76. The predicted octanol–water partition coefficient (Wildman–Crippen LogP) is 1.15. The summed E-state index contributed by atoms with van der Waals surface area (Å²) in [5, 5.41) is 0. The average Bonchev–Trinajstić information content (AvgIpc) is 2.37. The number of carbonyl (C=O) groups is 3. The lowest BCUT2D eigenvalue weighted by Gasteiger charge is -2.21. The highest BCUT2D eigenvalue weighted by Crippen LogP contribution is 1.99. The molecule has 0 saturated carbocycles. The van der Waals surface area contributed by atoms with Crippen LogP contribution in [0.4, 0.5) is 0 Å². The molecule has 0 saturated heterocycles. The van der Waals surface area contributed by atoms with Crippen LogP contribution in [0.1, 0.15) is 40.5 Å². The molecule has 7 heteroatoms. The zero-order chi connectivity index (χ0) is 17.0. The molecule has 0 aromatic heterocycles. The van der Waals surface area contributed by atoms with Gasteiger partial charge in [0.15, 0.2) is 0 Å². The molecule has 128 valence electrons. The Morgan fingerprint density at radius 1 is 0.909 bits per heavy atom. The van der Waals surface area contributed by atoms with Gasteiger partial charge in [-0.2, -0.15) is 0 Å². The zero-order valence-corrected chi connectivity index (χ0v) is 13.9. The SMILES string of the molecule is CC(=O)OCCCN(CCCOC(C)=O)CC(=O)OC(C)C. The van der Waals surface area contributed by atoms with Crippen molar-refractivity contribution in [2.75, 3.05) is 32.8 Å². The van der Waals surface area contributed by atoms with Gasteiger partial charge in [0.05, 0.1) is 25.9 Å². The molecule has 22 heavy (non-hydrogen) atoms. The van der Waals surface area contributed by atoms with E-state index in [4.69, 9.17) is 14.2 Å². The van der Waals surface area contributed by atoms with E-state index >= 15 is 0 Å². The van der Waals surface area contributed by atoms with Gasteiger partial charge in [0.2, 0.25) is 0 Å². The Morgan fingerprint density at radius 2 is 1.36 bits per heavy atom. The molecule has 0 fully saturated rings. The van der Waals surface area contributed by atoms with Gasteiger partial charge in [0.1, 0.15) is 0 Å². The van der Waals surface area contributed by atoms with E-state index in [0.717, 1.165) is 0 Å². The maximum atomic E-state index is 11.7. The second-order valence-corrected chi connectivity index (χ2v) is 5.20. The predicted molar refractivity (Wildman–Crippen MR) is 80.2 cm³/mol. The second kappa shape index (κ2) is 12.0. The molecule has 0 bridgehead atoms. The van der Waals surface area contributed by atoms with Crippen LogP contribution in [0.3, 0.4) is 0 Å². The third kappa shape index (κ3) is 13.4. The largest absolute Gasteiger partial charge is 0.466 e. The van der Waals surface area contributed by atoms with Crippen molar-refractivity contribution in [2.24, 2.45) is 0 Å². The monoisotopic (exact) mass is 317 g/mol. The third-order valence-electron chi connectivity index (χ3n) is 2.57. The molecule has 0 aromatic carbocycles. The first-order valence-corrected chi connectivity index (χ1v) is 7.49. The molecule has 0 aliphatic heterocycles. The molecule has 7 nitrogen and oxygen atoms in total. The molecule has 0 heterocycles. The maximum Gasteiger partial charge on any atom is 0.320 e. The average molecular weight is 317 g/mol. The molecule has 0 N–H and O–H groups in total. The van der Waals surface area contributed by atoms with Gasteiger partial charge < -0.3 is 14.2 Å². The standard InChI is InChI=1S/C15H27NO6/c1-12(2)22-15(19)11-16(7-5-9-20-13(3)17)8-6-10-21-14(4)18/h12H,5-11H2,1-4H3.